The molecule has 0 heterocycles. The van der Waals surface area contributed by atoms with Crippen LogP contribution in [0.3, 0.4) is 0 Å². The van der Waals surface area contributed by atoms with E-state index in [2.05, 4.69) is 153 Å². The maximum Gasteiger partial charge on any atom is 0.0686 e. The molecular formula is C39H31N. The fourth-order valence-electron chi connectivity index (χ4n) is 7.71. The van der Waals surface area contributed by atoms with Crippen LogP contribution in [0.1, 0.15) is 40.7 Å². The van der Waals surface area contributed by atoms with E-state index in [0.717, 1.165) is 11.4 Å². The van der Waals surface area contributed by atoms with Crippen LogP contribution >= 0.6 is 0 Å². The molecule has 1 N–H and O–H groups in total. The first kappa shape index (κ1) is 23.3. The van der Waals surface area contributed by atoms with Gasteiger partial charge in [0, 0.05) is 17.3 Å². The Balaban J connectivity index is 1.29. The highest BCUT2D eigenvalue weighted by Crippen LogP contribution is 2.66. The summed E-state index contributed by atoms with van der Waals surface area (Å²) >= 11 is 0. The third-order valence-electron chi connectivity index (χ3n) is 9.33. The Bertz CT molecular complexity index is 1810. The second kappa shape index (κ2) is 8.69. The lowest BCUT2D eigenvalue weighted by molar-refractivity contribution is 0.588. The number of anilines is 2. The van der Waals surface area contributed by atoms with Gasteiger partial charge in [-0.2, -0.15) is 0 Å². The minimum absolute atomic E-state index is 0.267. The molecule has 0 saturated carbocycles. The van der Waals surface area contributed by atoms with Crippen molar-refractivity contribution in [3.8, 4) is 22.3 Å². The first-order valence-corrected chi connectivity index (χ1v) is 14.3. The minimum Gasteiger partial charge on any atom is -0.356 e. The van der Waals surface area contributed by atoms with Gasteiger partial charge in [-0.15, -0.1) is 0 Å². The quantitative estimate of drug-likeness (QED) is 0.253. The Morgan fingerprint density at radius 2 is 1.27 bits per heavy atom. The van der Waals surface area contributed by atoms with E-state index in [1.54, 1.807) is 0 Å². The van der Waals surface area contributed by atoms with E-state index >= 15 is 0 Å². The van der Waals surface area contributed by atoms with Crippen molar-refractivity contribution in [2.45, 2.75) is 25.2 Å². The number of fused-ring (bicyclic) bond motifs is 10. The summed E-state index contributed by atoms with van der Waals surface area (Å²) in [6, 6.07) is 42.5. The second-order valence-corrected chi connectivity index (χ2v) is 11.5. The van der Waals surface area contributed by atoms with Crippen LogP contribution in [0.4, 0.5) is 11.4 Å². The van der Waals surface area contributed by atoms with Gasteiger partial charge in [0.25, 0.3) is 0 Å². The van der Waals surface area contributed by atoms with Crippen molar-refractivity contribution < 1.29 is 0 Å². The number of aryl methyl sites for hydroxylation is 1. The first-order valence-electron chi connectivity index (χ1n) is 14.3. The molecule has 0 aliphatic heterocycles. The van der Waals surface area contributed by atoms with Crippen molar-refractivity contribution in [2.24, 2.45) is 5.92 Å². The standard InChI is InChI=1S/C39H31N/c1-25-11-10-18-36-38(25)33-22-20-29(40-28-19-21-30(26(2)23-28)27-12-4-3-5-13-27)24-37(33)39(36)34-16-8-6-14-31(34)32-15-7-9-17-35(32)39/h3-25,38,40H,1-2H3/t25?,38-/m0/s1. The molecular weight excluding hydrogens is 482 g/mol. The third kappa shape index (κ3) is 3.15. The van der Waals surface area contributed by atoms with E-state index in [9.17, 15) is 0 Å². The summed E-state index contributed by atoms with van der Waals surface area (Å²) in [5.74, 6) is 0.825. The minimum atomic E-state index is -0.267. The molecule has 192 valence electrons. The maximum absolute atomic E-state index is 3.76. The van der Waals surface area contributed by atoms with Gasteiger partial charge in [0.05, 0.1) is 5.41 Å². The van der Waals surface area contributed by atoms with Gasteiger partial charge in [0.1, 0.15) is 0 Å². The highest BCUT2D eigenvalue weighted by atomic mass is 14.9. The molecule has 0 amide bonds. The Morgan fingerprint density at radius 3 is 2.00 bits per heavy atom. The fraction of sp³-hybridized carbons (Fsp3) is 0.128. The van der Waals surface area contributed by atoms with Gasteiger partial charge < -0.3 is 5.32 Å². The summed E-state index contributed by atoms with van der Waals surface area (Å²) in [5, 5.41) is 3.76. The predicted molar refractivity (Wildman–Crippen MR) is 167 cm³/mol. The normalized spacial score (nSPS) is 19.0. The zero-order valence-electron chi connectivity index (χ0n) is 22.9. The maximum atomic E-state index is 3.76. The number of benzene rings is 5. The van der Waals surface area contributed by atoms with Crippen molar-refractivity contribution >= 4 is 11.4 Å². The van der Waals surface area contributed by atoms with E-state index in [-0.39, 0.29) is 5.41 Å². The van der Waals surface area contributed by atoms with Gasteiger partial charge in [0.2, 0.25) is 0 Å². The van der Waals surface area contributed by atoms with Gasteiger partial charge in [-0.25, -0.2) is 0 Å². The van der Waals surface area contributed by atoms with Crippen LogP contribution in [0.15, 0.2) is 139 Å². The summed E-state index contributed by atoms with van der Waals surface area (Å²) < 4.78 is 0. The van der Waals surface area contributed by atoms with Crippen molar-refractivity contribution in [3.63, 3.8) is 0 Å². The molecule has 1 nitrogen and oxygen atoms in total. The zero-order chi connectivity index (χ0) is 26.8. The molecule has 3 aliphatic rings. The van der Waals surface area contributed by atoms with Crippen LogP contribution in [-0.4, -0.2) is 0 Å². The van der Waals surface area contributed by atoms with Crippen LogP contribution in [0.2, 0.25) is 0 Å². The van der Waals surface area contributed by atoms with Gasteiger partial charge in [0.15, 0.2) is 0 Å². The predicted octanol–water partition coefficient (Wildman–Crippen LogP) is 9.95. The molecule has 2 atom stereocenters. The second-order valence-electron chi connectivity index (χ2n) is 11.5. The van der Waals surface area contributed by atoms with Crippen LogP contribution in [0.25, 0.3) is 22.3 Å². The Labute approximate surface area is 236 Å². The molecule has 3 aliphatic carbocycles. The van der Waals surface area contributed by atoms with Gasteiger partial charge in [-0.1, -0.05) is 116 Å². The van der Waals surface area contributed by atoms with Gasteiger partial charge >= 0.3 is 0 Å². The van der Waals surface area contributed by atoms with Crippen LogP contribution in [0.5, 0.6) is 0 Å². The van der Waals surface area contributed by atoms with E-state index < -0.39 is 0 Å². The largest absolute Gasteiger partial charge is 0.356 e. The fourth-order valence-corrected chi connectivity index (χ4v) is 7.71. The topological polar surface area (TPSA) is 12.0 Å². The van der Waals surface area contributed by atoms with E-state index in [0.29, 0.717) is 11.8 Å². The summed E-state index contributed by atoms with van der Waals surface area (Å²) in [5.41, 5.74) is 15.7. The Morgan fingerprint density at radius 1 is 0.625 bits per heavy atom. The molecule has 1 heteroatoms. The lowest BCUT2D eigenvalue weighted by Crippen LogP contribution is -2.28. The van der Waals surface area contributed by atoms with Crippen LogP contribution < -0.4 is 5.32 Å². The molecule has 0 fully saturated rings. The molecule has 5 aromatic carbocycles. The number of allylic oxidation sites excluding steroid dienone is 4. The third-order valence-corrected chi connectivity index (χ3v) is 9.33. The highest BCUT2D eigenvalue weighted by Gasteiger charge is 2.55. The Hall–Kier alpha value is -4.62. The molecule has 0 saturated heterocycles. The summed E-state index contributed by atoms with van der Waals surface area (Å²) in [6.07, 6.45) is 7.05. The number of hydrogen-bond acceptors (Lipinski definition) is 1. The van der Waals surface area contributed by atoms with Crippen molar-refractivity contribution in [2.75, 3.05) is 5.32 Å². The van der Waals surface area contributed by atoms with Crippen LogP contribution in [-0.2, 0) is 5.41 Å². The van der Waals surface area contributed by atoms with Crippen molar-refractivity contribution in [3.05, 3.63) is 167 Å². The molecule has 0 bridgehead atoms. The van der Waals surface area contributed by atoms with Gasteiger partial charge in [-0.3, -0.25) is 0 Å². The molecule has 5 aromatic rings. The zero-order valence-corrected chi connectivity index (χ0v) is 22.9. The first-order chi connectivity index (χ1) is 19.7. The number of hydrogen-bond donors (Lipinski definition) is 1. The lowest BCUT2D eigenvalue weighted by Gasteiger charge is -2.34. The molecule has 0 radical (unpaired) electrons. The van der Waals surface area contributed by atoms with Gasteiger partial charge in [-0.05, 0) is 92.8 Å². The van der Waals surface area contributed by atoms with E-state index in [1.807, 2.05) is 0 Å². The highest BCUT2D eigenvalue weighted by molar-refractivity contribution is 5.89. The number of nitrogens with one attached hydrogen (secondary N) is 1. The lowest BCUT2D eigenvalue weighted by atomic mass is 9.67. The molecule has 40 heavy (non-hydrogen) atoms. The molecule has 8 rings (SSSR count). The van der Waals surface area contributed by atoms with Crippen LogP contribution in [0, 0.1) is 12.8 Å². The number of rotatable bonds is 3. The summed E-state index contributed by atoms with van der Waals surface area (Å²) in [4.78, 5) is 0. The smallest absolute Gasteiger partial charge is 0.0686 e. The Kier molecular flexibility index (Phi) is 5.06. The average Bonchev–Trinajstić information content (AvgIpc) is 3.46. The molecule has 1 spiro atoms. The van der Waals surface area contributed by atoms with E-state index in [4.69, 9.17) is 0 Å². The average molecular weight is 514 g/mol. The van der Waals surface area contributed by atoms with Crippen molar-refractivity contribution in [1.82, 2.24) is 0 Å². The summed E-state index contributed by atoms with van der Waals surface area (Å²) in [7, 11) is 0. The molecule has 0 aromatic heterocycles. The SMILES string of the molecule is Cc1cc(Nc2ccc3c(c2)C2(C4=CC=CC(C)[C@H]43)c3ccccc3-c3ccccc32)ccc1-c1ccccc1. The van der Waals surface area contributed by atoms with E-state index in [1.165, 1.54) is 55.6 Å². The monoisotopic (exact) mass is 513 g/mol. The molecule has 1 unspecified atom stereocenters. The summed E-state index contributed by atoms with van der Waals surface area (Å²) in [6.45, 7) is 4.57. The van der Waals surface area contributed by atoms with Crippen molar-refractivity contribution in [1.29, 1.82) is 0 Å².